The van der Waals surface area contributed by atoms with E-state index >= 15 is 0 Å². The van der Waals surface area contributed by atoms with E-state index in [1.165, 1.54) is 6.07 Å². The highest BCUT2D eigenvalue weighted by atomic mass is 35.5. The number of amides is 1. The van der Waals surface area contributed by atoms with Gasteiger partial charge in [0.05, 0.1) is 5.02 Å². The van der Waals surface area contributed by atoms with E-state index in [-0.39, 0.29) is 10.9 Å². The van der Waals surface area contributed by atoms with Crippen LogP contribution in [0.5, 0.6) is 0 Å². The van der Waals surface area contributed by atoms with Crippen molar-refractivity contribution in [3.8, 4) is 11.1 Å². The number of nitrogens with zero attached hydrogens (tertiary/aromatic N) is 2. The number of piperidine rings is 1. The highest BCUT2D eigenvalue weighted by molar-refractivity contribution is 6.31. The molecule has 2 aliphatic rings. The lowest BCUT2D eigenvalue weighted by Gasteiger charge is -2.21. The summed E-state index contributed by atoms with van der Waals surface area (Å²) in [5.41, 5.74) is 2.35. The van der Waals surface area contributed by atoms with Crippen LogP contribution in [0.4, 0.5) is 4.39 Å². The Hall–Kier alpha value is -1.91. The van der Waals surface area contributed by atoms with Gasteiger partial charge in [-0.3, -0.25) is 4.79 Å². The summed E-state index contributed by atoms with van der Waals surface area (Å²) >= 11 is 5.89. The highest BCUT2D eigenvalue weighted by Crippen LogP contribution is 2.52. The first-order valence-electron chi connectivity index (χ1n) is 8.93. The first kappa shape index (κ1) is 17.5. The van der Waals surface area contributed by atoms with E-state index in [2.05, 4.69) is 19.0 Å². The van der Waals surface area contributed by atoms with E-state index in [0.717, 1.165) is 36.7 Å². The van der Waals surface area contributed by atoms with Crippen LogP contribution in [-0.4, -0.2) is 49.4 Å². The molecule has 0 spiro atoms. The molecule has 0 radical (unpaired) electrons. The van der Waals surface area contributed by atoms with Crippen molar-refractivity contribution >= 4 is 17.5 Å². The van der Waals surface area contributed by atoms with Crippen molar-refractivity contribution in [2.75, 3.05) is 33.7 Å². The number of carbonyl (C=O) groups is 1. The standard InChI is InChI=1S/C21H22ClFN2O/c1-24(2)10-16-17-11-25(12-18(16)17)21(26)15-5-3-4-13(8-15)14-6-7-20(23)19(22)9-14/h3-9,16-18H,10-12H2,1-2H3/t16?,17-,18+. The fourth-order valence-corrected chi connectivity index (χ4v) is 4.38. The summed E-state index contributed by atoms with van der Waals surface area (Å²) in [7, 11) is 4.20. The van der Waals surface area contributed by atoms with Gasteiger partial charge in [-0.15, -0.1) is 0 Å². The van der Waals surface area contributed by atoms with E-state index in [4.69, 9.17) is 11.6 Å². The fraction of sp³-hybridized carbons (Fsp3) is 0.381. The van der Waals surface area contributed by atoms with Crippen LogP contribution in [-0.2, 0) is 0 Å². The van der Waals surface area contributed by atoms with Crippen LogP contribution in [0.3, 0.4) is 0 Å². The SMILES string of the molecule is CN(C)CC1[C@H]2CN(C(=O)c3cccc(-c4ccc(F)c(Cl)c4)c3)C[C@@H]12. The molecular formula is C21H22ClFN2O. The summed E-state index contributed by atoms with van der Waals surface area (Å²) in [5.74, 6) is 1.68. The molecule has 26 heavy (non-hydrogen) atoms. The van der Waals surface area contributed by atoms with Crippen molar-refractivity contribution in [1.29, 1.82) is 0 Å². The van der Waals surface area contributed by atoms with Gasteiger partial charge in [0.25, 0.3) is 5.91 Å². The van der Waals surface area contributed by atoms with E-state index < -0.39 is 5.82 Å². The summed E-state index contributed by atoms with van der Waals surface area (Å²) in [5, 5.41) is 0.0887. The van der Waals surface area contributed by atoms with Crippen LogP contribution in [0.2, 0.25) is 5.02 Å². The minimum Gasteiger partial charge on any atom is -0.338 e. The average Bonchev–Trinajstić information content (AvgIpc) is 3.05. The number of benzene rings is 2. The van der Waals surface area contributed by atoms with Crippen LogP contribution < -0.4 is 0 Å². The van der Waals surface area contributed by atoms with Crippen LogP contribution in [0, 0.1) is 23.6 Å². The normalized spacial score (nSPS) is 24.0. The molecule has 1 saturated heterocycles. The molecule has 0 aromatic heterocycles. The summed E-state index contributed by atoms with van der Waals surface area (Å²) < 4.78 is 13.4. The highest BCUT2D eigenvalue weighted by Gasteiger charge is 2.56. The van der Waals surface area contributed by atoms with E-state index in [1.54, 1.807) is 12.1 Å². The largest absolute Gasteiger partial charge is 0.338 e. The van der Waals surface area contributed by atoms with Crippen molar-refractivity contribution < 1.29 is 9.18 Å². The van der Waals surface area contributed by atoms with Gasteiger partial charge in [-0.1, -0.05) is 29.8 Å². The first-order valence-corrected chi connectivity index (χ1v) is 9.31. The quantitative estimate of drug-likeness (QED) is 0.809. The van der Waals surface area contributed by atoms with Gasteiger partial charge in [0, 0.05) is 25.2 Å². The van der Waals surface area contributed by atoms with Crippen molar-refractivity contribution in [2.45, 2.75) is 0 Å². The zero-order valence-electron chi connectivity index (χ0n) is 15.0. The zero-order valence-corrected chi connectivity index (χ0v) is 15.7. The Morgan fingerprint density at radius 1 is 1.15 bits per heavy atom. The molecule has 1 saturated carbocycles. The molecule has 2 aromatic rings. The lowest BCUT2D eigenvalue weighted by molar-refractivity contribution is 0.0765. The maximum absolute atomic E-state index is 13.4. The zero-order chi connectivity index (χ0) is 18.4. The molecule has 1 aliphatic heterocycles. The average molecular weight is 373 g/mol. The molecule has 5 heteroatoms. The second kappa shape index (κ2) is 6.67. The van der Waals surface area contributed by atoms with Crippen molar-refractivity contribution in [3.63, 3.8) is 0 Å². The number of hydrogen-bond donors (Lipinski definition) is 0. The number of carbonyl (C=O) groups excluding carboxylic acids is 1. The molecule has 1 amide bonds. The number of rotatable bonds is 4. The molecule has 136 valence electrons. The topological polar surface area (TPSA) is 23.6 Å². The minimum absolute atomic E-state index is 0.0795. The number of fused-ring (bicyclic) bond motifs is 1. The summed E-state index contributed by atoms with van der Waals surface area (Å²) in [6.45, 7) is 2.82. The fourth-order valence-electron chi connectivity index (χ4n) is 4.20. The van der Waals surface area contributed by atoms with Crippen LogP contribution in [0.25, 0.3) is 11.1 Å². The minimum atomic E-state index is -0.439. The van der Waals surface area contributed by atoms with Gasteiger partial charge in [0.15, 0.2) is 0 Å². The molecule has 1 aliphatic carbocycles. The lowest BCUT2D eigenvalue weighted by atomic mass is 10.0. The van der Waals surface area contributed by atoms with Gasteiger partial charge in [-0.25, -0.2) is 4.39 Å². The third kappa shape index (κ3) is 3.24. The molecule has 0 bridgehead atoms. The van der Waals surface area contributed by atoms with E-state index in [9.17, 15) is 9.18 Å². The van der Waals surface area contributed by atoms with Crippen LogP contribution in [0.15, 0.2) is 42.5 Å². The molecular weight excluding hydrogens is 351 g/mol. The summed E-state index contributed by atoms with van der Waals surface area (Å²) in [4.78, 5) is 17.1. The molecule has 0 N–H and O–H groups in total. The van der Waals surface area contributed by atoms with Gasteiger partial charge in [0.2, 0.25) is 0 Å². The van der Waals surface area contributed by atoms with Gasteiger partial charge >= 0.3 is 0 Å². The van der Waals surface area contributed by atoms with E-state index in [1.807, 2.05) is 29.2 Å². The Morgan fingerprint density at radius 2 is 1.85 bits per heavy atom. The molecule has 2 aromatic carbocycles. The number of likely N-dealkylation sites (tertiary alicyclic amines) is 1. The molecule has 1 heterocycles. The second-order valence-corrected chi connectivity index (χ2v) is 8.08. The monoisotopic (exact) mass is 372 g/mol. The van der Waals surface area contributed by atoms with Crippen LogP contribution >= 0.6 is 11.6 Å². The Bertz CT molecular complexity index is 842. The Kier molecular flexibility index (Phi) is 4.49. The maximum atomic E-state index is 13.4. The number of hydrogen-bond acceptors (Lipinski definition) is 2. The van der Waals surface area contributed by atoms with Gasteiger partial charge < -0.3 is 9.80 Å². The van der Waals surface area contributed by atoms with Gasteiger partial charge in [-0.05, 0) is 67.2 Å². The smallest absolute Gasteiger partial charge is 0.253 e. The third-order valence-electron chi connectivity index (χ3n) is 5.60. The van der Waals surface area contributed by atoms with E-state index in [0.29, 0.717) is 17.4 Å². The molecule has 1 unspecified atom stereocenters. The molecule has 2 fully saturated rings. The predicted molar refractivity (Wildman–Crippen MR) is 102 cm³/mol. The Balaban J connectivity index is 1.47. The number of halogens is 2. The molecule has 3 atom stereocenters. The first-order chi connectivity index (χ1) is 12.4. The van der Waals surface area contributed by atoms with Crippen LogP contribution in [0.1, 0.15) is 10.4 Å². The van der Waals surface area contributed by atoms with Gasteiger partial charge in [0.1, 0.15) is 5.82 Å². The lowest BCUT2D eigenvalue weighted by Crippen LogP contribution is -2.33. The van der Waals surface area contributed by atoms with Crippen molar-refractivity contribution in [2.24, 2.45) is 17.8 Å². The molecule has 4 rings (SSSR count). The van der Waals surface area contributed by atoms with Gasteiger partial charge in [-0.2, -0.15) is 0 Å². The predicted octanol–water partition coefficient (Wildman–Crippen LogP) is 4.03. The van der Waals surface area contributed by atoms with Crippen molar-refractivity contribution in [3.05, 3.63) is 58.9 Å². The maximum Gasteiger partial charge on any atom is 0.253 e. The Labute approximate surface area is 158 Å². The second-order valence-electron chi connectivity index (χ2n) is 7.67. The summed E-state index contributed by atoms with van der Waals surface area (Å²) in [6.07, 6.45) is 0. The molecule has 3 nitrogen and oxygen atoms in total. The third-order valence-corrected chi connectivity index (χ3v) is 5.89. The summed E-state index contributed by atoms with van der Waals surface area (Å²) in [6, 6.07) is 12.1. The van der Waals surface area contributed by atoms with Crippen molar-refractivity contribution in [1.82, 2.24) is 9.80 Å². The Morgan fingerprint density at radius 3 is 2.50 bits per heavy atom.